The molecule has 0 radical (unpaired) electrons. The van der Waals surface area contributed by atoms with Crippen LogP contribution in [0.2, 0.25) is 5.02 Å². The van der Waals surface area contributed by atoms with Crippen molar-refractivity contribution in [2.75, 3.05) is 11.9 Å². The Hall–Kier alpha value is -2.73. The molecule has 0 aliphatic heterocycles. The number of nitrogens with zero attached hydrogens (tertiary/aromatic N) is 3. The molecule has 0 spiro atoms. The molecule has 0 fully saturated rings. The monoisotopic (exact) mass is 358 g/mol. The number of hydrogen-bond acceptors (Lipinski definition) is 4. The van der Waals surface area contributed by atoms with Gasteiger partial charge >= 0.3 is 0 Å². The van der Waals surface area contributed by atoms with Crippen LogP contribution in [0.3, 0.4) is 0 Å². The van der Waals surface area contributed by atoms with E-state index in [2.05, 4.69) is 15.3 Å². The largest absolute Gasteiger partial charge is 0.619 e. The fraction of sp³-hybridized carbons (Fsp3) is 0.167. The third-order valence-electron chi connectivity index (χ3n) is 3.59. The molecule has 0 saturated carbocycles. The van der Waals surface area contributed by atoms with Crippen molar-refractivity contribution in [3.05, 3.63) is 76.1 Å². The lowest BCUT2D eigenvalue weighted by atomic mass is 10.2. The number of aryl methyl sites for hydroxylation is 1. The van der Waals surface area contributed by atoms with Crippen LogP contribution in [0.25, 0.3) is 11.4 Å². The molecule has 25 heavy (non-hydrogen) atoms. The van der Waals surface area contributed by atoms with Crippen molar-refractivity contribution in [3.63, 3.8) is 0 Å². The number of benzene rings is 1. The Kier molecular flexibility index (Phi) is 5.09. The van der Waals surface area contributed by atoms with E-state index >= 15 is 0 Å². The van der Waals surface area contributed by atoms with E-state index in [1.807, 2.05) is 19.1 Å². The molecule has 0 atom stereocenters. The van der Waals surface area contributed by atoms with Gasteiger partial charge in [-0.25, -0.2) is 14.4 Å². The zero-order valence-electron chi connectivity index (χ0n) is 13.5. The smallest absolute Gasteiger partial charge is 0.183 e. The Labute approximate surface area is 149 Å². The van der Waals surface area contributed by atoms with Gasteiger partial charge in [0.05, 0.1) is 5.02 Å². The summed E-state index contributed by atoms with van der Waals surface area (Å²) in [6.45, 7) is 2.45. The SMILES string of the molecule is Cc1cc(NCCc2ccc[n+]([O-])c2)nc(-c2ccc(Cl)c(F)c2)n1. The van der Waals surface area contributed by atoms with Crippen molar-refractivity contribution in [1.29, 1.82) is 0 Å². The predicted octanol–water partition coefficient (Wildman–Crippen LogP) is 3.53. The van der Waals surface area contributed by atoms with Crippen molar-refractivity contribution in [3.8, 4) is 11.4 Å². The molecule has 2 aromatic heterocycles. The van der Waals surface area contributed by atoms with E-state index in [1.165, 1.54) is 24.5 Å². The molecule has 0 amide bonds. The molecule has 0 aliphatic rings. The highest BCUT2D eigenvalue weighted by molar-refractivity contribution is 6.30. The molecular formula is C18H16ClFN4O. The number of hydrogen-bond donors (Lipinski definition) is 1. The van der Waals surface area contributed by atoms with Crippen molar-refractivity contribution in [2.45, 2.75) is 13.3 Å². The van der Waals surface area contributed by atoms with E-state index < -0.39 is 5.82 Å². The zero-order valence-corrected chi connectivity index (χ0v) is 14.3. The topological polar surface area (TPSA) is 64.8 Å². The minimum Gasteiger partial charge on any atom is -0.619 e. The first-order valence-electron chi connectivity index (χ1n) is 7.74. The number of rotatable bonds is 5. The Bertz CT molecular complexity index is 904. The van der Waals surface area contributed by atoms with E-state index in [0.717, 1.165) is 16.0 Å². The minimum absolute atomic E-state index is 0.0632. The maximum Gasteiger partial charge on any atom is 0.183 e. The van der Waals surface area contributed by atoms with Gasteiger partial charge in [-0.3, -0.25) is 0 Å². The van der Waals surface area contributed by atoms with Crippen LogP contribution in [-0.2, 0) is 6.42 Å². The lowest BCUT2D eigenvalue weighted by molar-refractivity contribution is -0.605. The van der Waals surface area contributed by atoms with Crippen LogP contribution in [0.1, 0.15) is 11.3 Å². The summed E-state index contributed by atoms with van der Waals surface area (Å²) in [6, 6.07) is 9.90. The third-order valence-corrected chi connectivity index (χ3v) is 3.89. The standard InChI is InChI=1S/C18H16ClFN4O/c1-12-9-17(21-7-6-13-3-2-8-24(25)11-13)23-18(22-12)14-4-5-15(19)16(20)10-14/h2-5,8-11H,6-7H2,1H3,(H,21,22,23). The fourth-order valence-electron chi connectivity index (χ4n) is 2.41. The Morgan fingerprint density at radius 2 is 2.08 bits per heavy atom. The van der Waals surface area contributed by atoms with Gasteiger partial charge in [0.2, 0.25) is 0 Å². The van der Waals surface area contributed by atoms with Crippen molar-refractivity contribution in [1.82, 2.24) is 9.97 Å². The van der Waals surface area contributed by atoms with E-state index in [9.17, 15) is 9.60 Å². The van der Waals surface area contributed by atoms with E-state index in [0.29, 0.717) is 30.2 Å². The van der Waals surface area contributed by atoms with Crippen LogP contribution in [0.15, 0.2) is 48.8 Å². The molecule has 5 nitrogen and oxygen atoms in total. The number of nitrogens with one attached hydrogen (secondary N) is 1. The highest BCUT2D eigenvalue weighted by Crippen LogP contribution is 2.23. The van der Waals surface area contributed by atoms with Crippen molar-refractivity contribution in [2.24, 2.45) is 0 Å². The average molecular weight is 359 g/mol. The van der Waals surface area contributed by atoms with Crippen LogP contribution in [0.5, 0.6) is 0 Å². The van der Waals surface area contributed by atoms with Gasteiger partial charge in [0.25, 0.3) is 0 Å². The van der Waals surface area contributed by atoms with Gasteiger partial charge in [-0.15, -0.1) is 0 Å². The first kappa shape index (κ1) is 17.1. The highest BCUT2D eigenvalue weighted by Gasteiger charge is 2.08. The summed E-state index contributed by atoms with van der Waals surface area (Å²) in [5, 5.41) is 14.5. The van der Waals surface area contributed by atoms with Gasteiger partial charge in [-0.2, -0.15) is 4.73 Å². The fourth-order valence-corrected chi connectivity index (χ4v) is 2.52. The van der Waals surface area contributed by atoms with E-state index in [4.69, 9.17) is 11.6 Å². The van der Waals surface area contributed by atoms with Gasteiger partial charge in [0.15, 0.2) is 18.2 Å². The van der Waals surface area contributed by atoms with Crippen LogP contribution in [-0.4, -0.2) is 16.5 Å². The lowest BCUT2D eigenvalue weighted by Crippen LogP contribution is -2.25. The summed E-state index contributed by atoms with van der Waals surface area (Å²) < 4.78 is 14.4. The van der Waals surface area contributed by atoms with E-state index in [-0.39, 0.29) is 5.02 Å². The molecular weight excluding hydrogens is 343 g/mol. The number of aromatic nitrogens is 3. The molecule has 0 aliphatic carbocycles. The summed E-state index contributed by atoms with van der Waals surface area (Å²) in [4.78, 5) is 8.77. The molecule has 3 rings (SSSR count). The molecule has 3 aromatic rings. The molecule has 128 valence electrons. The quantitative estimate of drug-likeness (QED) is 0.559. The summed E-state index contributed by atoms with van der Waals surface area (Å²) in [7, 11) is 0. The Morgan fingerprint density at radius 3 is 2.84 bits per heavy atom. The maximum absolute atomic E-state index is 13.7. The average Bonchev–Trinajstić information content (AvgIpc) is 2.57. The number of anilines is 1. The predicted molar refractivity (Wildman–Crippen MR) is 94.8 cm³/mol. The lowest BCUT2D eigenvalue weighted by Gasteiger charge is -2.09. The third kappa shape index (κ3) is 4.42. The van der Waals surface area contributed by atoms with Gasteiger partial charge in [0, 0.05) is 35.5 Å². The molecule has 0 bridgehead atoms. The summed E-state index contributed by atoms with van der Waals surface area (Å²) in [5.74, 6) is 0.563. The molecule has 7 heteroatoms. The van der Waals surface area contributed by atoms with Gasteiger partial charge in [-0.1, -0.05) is 11.6 Å². The molecule has 0 saturated heterocycles. The number of pyridine rings is 1. The van der Waals surface area contributed by atoms with Crippen molar-refractivity contribution >= 4 is 17.4 Å². The van der Waals surface area contributed by atoms with Crippen molar-refractivity contribution < 1.29 is 9.12 Å². The molecule has 0 unspecified atom stereocenters. The molecule has 2 heterocycles. The van der Waals surface area contributed by atoms with Gasteiger partial charge < -0.3 is 10.5 Å². The normalized spacial score (nSPS) is 10.7. The summed E-state index contributed by atoms with van der Waals surface area (Å²) >= 11 is 5.72. The van der Waals surface area contributed by atoms with Crippen LogP contribution >= 0.6 is 11.6 Å². The second-order valence-electron chi connectivity index (χ2n) is 5.60. The molecule has 1 N–H and O–H groups in total. The first-order valence-corrected chi connectivity index (χ1v) is 8.12. The summed E-state index contributed by atoms with van der Waals surface area (Å²) in [5.41, 5.74) is 2.25. The second-order valence-corrected chi connectivity index (χ2v) is 6.00. The maximum atomic E-state index is 13.7. The van der Waals surface area contributed by atoms with Gasteiger partial charge in [-0.05, 0) is 37.6 Å². The first-order chi connectivity index (χ1) is 12.0. The summed E-state index contributed by atoms with van der Waals surface area (Å²) in [6.07, 6.45) is 3.66. The highest BCUT2D eigenvalue weighted by atomic mass is 35.5. The van der Waals surface area contributed by atoms with Crippen LogP contribution in [0, 0.1) is 17.9 Å². The second kappa shape index (κ2) is 7.44. The minimum atomic E-state index is -0.506. The number of halogens is 2. The Morgan fingerprint density at radius 1 is 1.24 bits per heavy atom. The Balaban J connectivity index is 1.74. The van der Waals surface area contributed by atoms with Crippen LogP contribution in [0.4, 0.5) is 10.2 Å². The van der Waals surface area contributed by atoms with Crippen LogP contribution < -0.4 is 10.0 Å². The zero-order chi connectivity index (χ0) is 17.8. The van der Waals surface area contributed by atoms with Gasteiger partial charge in [0.1, 0.15) is 11.6 Å². The molecule has 1 aromatic carbocycles. The van der Waals surface area contributed by atoms with E-state index in [1.54, 1.807) is 12.1 Å².